The standard InChI is InChI=1S/C19H22N2O2/c1-14-6-5-7-15(12-14)19(10-3-4-11-19)18(22)21-16-8-9-17(23-2)20-13-16/h5-9,12-13H,3-4,10-11H2,1-2H3,(H,21,22). The van der Waals surface area contributed by atoms with E-state index < -0.39 is 5.41 Å². The van der Waals surface area contributed by atoms with Gasteiger partial charge in [-0.15, -0.1) is 0 Å². The van der Waals surface area contributed by atoms with Gasteiger partial charge in [0.2, 0.25) is 11.8 Å². The van der Waals surface area contributed by atoms with Crippen LogP contribution in [-0.4, -0.2) is 18.0 Å². The zero-order valence-corrected chi connectivity index (χ0v) is 13.6. The van der Waals surface area contributed by atoms with Crippen LogP contribution in [0.15, 0.2) is 42.6 Å². The largest absolute Gasteiger partial charge is 0.481 e. The van der Waals surface area contributed by atoms with Crippen molar-refractivity contribution < 1.29 is 9.53 Å². The van der Waals surface area contributed by atoms with Gasteiger partial charge in [-0.05, 0) is 31.4 Å². The summed E-state index contributed by atoms with van der Waals surface area (Å²) in [4.78, 5) is 17.2. The molecule has 4 heteroatoms. The number of methoxy groups -OCH3 is 1. The molecule has 0 radical (unpaired) electrons. The fourth-order valence-corrected chi connectivity index (χ4v) is 3.39. The van der Waals surface area contributed by atoms with Gasteiger partial charge in [-0.3, -0.25) is 4.79 Å². The summed E-state index contributed by atoms with van der Waals surface area (Å²) in [5.74, 6) is 0.602. The van der Waals surface area contributed by atoms with Crippen LogP contribution < -0.4 is 10.1 Å². The third-order valence-corrected chi connectivity index (χ3v) is 4.67. The number of hydrogen-bond donors (Lipinski definition) is 1. The molecule has 3 rings (SSSR count). The summed E-state index contributed by atoms with van der Waals surface area (Å²) in [5, 5.41) is 3.04. The second-order valence-electron chi connectivity index (χ2n) is 6.20. The molecule has 1 aromatic carbocycles. The first-order chi connectivity index (χ1) is 11.1. The summed E-state index contributed by atoms with van der Waals surface area (Å²) in [6.07, 6.45) is 5.60. The molecule has 0 bridgehead atoms. The molecule has 0 aliphatic heterocycles. The SMILES string of the molecule is COc1ccc(NC(=O)C2(c3cccc(C)c3)CCCC2)cn1. The van der Waals surface area contributed by atoms with Gasteiger partial charge in [0.15, 0.2) is 0 Å². The number of carbonyl (C=O) groups excluding carboxylic acids is 1. The van der Waals surface area contributed by atoms with E-state index in [0.717, 1.165) is 31.2 Å². The molecule has 4 nitrogen and oxygen atoms in total. The van der Waals surface area contributed by atoms with Crippen LogP contribution in [0.2, 0.25) is 0 Å². The molecule has 2 aromatic rings. The van der Waals surface area contributed by atoms with E-state index in [-0.39, 0.29) is 5.91 Å². The molecule has 1 aliphatic carbocycles. The Morgan fingerprint density at radius 1 is 1.22 bits per heavy atom. The Balaban J connectivity index is 1.87. The van der Waals surface area contributed by atoms with E-state index in [2.05, 4.69) is 35.4 Å². The summed E-state index contributed by atoms with van der Waals surface area (Å²) >= 11 is 0. The first kappa shape index (κ1) is 15.5. The highest BCUT2D eigenvalue weighted by Gasteiger charge is 2.42. The molecule has 1 heterocycles. The van der Waals surface area contributed by atoms with Gasteiger partial charge in [0, 0.05) is 6.07 Å². The van der Waals surface area contributed by atoms with Crippen molar-refractivity contribution in [3.05, 3.63) is 53.7 Å². The quantitative estimate of drug-likeness (QED) is 0.933. The van der Waals surface area contributed by atoms with Crippen LogP contribution in [0.5, 0.6) is 5.88 Å². The lowest BCUT2D eigenvalue weighted by Crippen LogP contribution is -2.38. The molecule has 1 aromatic heterocycles. The topological polar surface area (TPSA) is 51.2 Å². The Hall–Kier alpha value is -2.36. The Morgan fingerprint density at radius 2 is 2.00 bits per heavy atom. The Kier molecular flexibility index (Phi) is 4.33. The summed E-state index contributed by atoms with van der Waals surface area (Å²) in [6.45, 7) is 2.07. The van der Waals surface area contributed by atoms with Gasteiger partial charge >= 0.3 is 0 Å². The molecule has 23 heavy (non-hydrogen) atoms. The molecule has 0 unspecified atom stereocenters. The second-order valence-corrected chi connectivity index (χ2v) is 6.20. The van der Waals surface area contributed by atoms with E-state index in [4.69, 9.17) is 4.74 Å². The number of benzene rings is 1. The van der Waals surface area contributed by atoms with Crippen molar-refractivity contribution in [2.45, 2.75) is 38.0 Å². The van der Waals surface area contributed by atoms with E-state index in [0.29, 0.717) is 11.6 Å². The maximum atomic E-state index is 13.0. The monoisotopic (exact) mass is 310 g/mol. The number of rotatable bonds is 4. The van der Waals surface area contributed by atoms with Gasteiger partial charge in [-0.2, -0.15) is 0 Å². The average molecular weight is 310 g/mol. The highest BCUT2D eigenvalue weighted by Crippen LogP contribution is 2.42. The van der Waals surface area contributed by atoms with Gasteiger partial charge in [-0.25, -0.2) is 4.98 Å². The predicted octanol–water partition coefficient (Wildman–Crippen LogP) is 3.85. The number of nitrogens with zero attached hydrogens (tertiary/aromatic N) is 1. The van der Waals surface area contributed by atoms with Crippen molar-refractivity contribution >= 4 is 11.6 Å². The smallest absolute Gasteiger partial charge is 0.235 e. The zero-order valence-electron chi connectivity index (χ0n) is 13.6. The van der Waals surface area contributed by atoms with Crippen LogP contribution in [0.25, 0.3) is 0 Å². The van der Waals surface area contributed by atoms with Crippen molar-refractivity contribution in [3.8, 4) is 5.88 Å². The number of ether oxygens (including phenoxy) is 1. The molecular weight excluding hydrogens is 288 g/mol. The van der Waals surface area contributed by atoms with E-state index >= 15 is 0 Å². The maximum Gasteiger partial charge on any atom is 0.235 e. The lowest BCUT2D eigenvalue weighted by Gasteiger charge is -2.28. The minimum Gasteiger partial charge on any atom is -0.481 e. The van der Waals surface area contributed by atoms with Gasteiger partial charge in [0.25, 0.3) is 0 Å². The Bertz CT molecular complexity index is 689. The van der Waals surface area contributed by atoms with E-state index in [9.17, 15) is 4.79 Å². The first-order valence-electron chi connectivity index (χ1n) is 8.03. The fourth-order valence-electron chi connectivity index (χ4n) is 3.39. The van der Waals surface area contributed by atoms with Crippen LogP contribution in [0, 0.1) is 6.92 Å². The Morgan fingerprint density at radius 3 is 2.61 bits per heavy atom. The molecule has 1 fully saturated rings. The number of hydrogen-bond acceptors (Lipinski definition) is 3. The average Bonchev–Trinajstić information content (AvgIpc) is 3.06. The van der Waals surface area contributed by atoms with E-state index in [1.54, 1.807) is 19.4 Å². The summed E-state index contributed by atoms with van der Waals surface area (Å²) in [7, 11) is 1.58. The molecule has 0 atom stereocenters. The zero-order chi connectivity index (χ0) is 16.3. The fraction of sp³-hybridized carbons (Fsp3) is 0.368. The number of nitrogens with one attached hydrogen (secondary N) is 1. The van der Waals surface area contributed by atoms with Crippen LogP contribution in [0.4, 0.5) is 5.69 Å². The molecule has 1 aliphatic rings. The van der Waals surface area contributed by atoms with Gasteiger partial charge in [0.05, 0.1) is 24.4 Å². The van der Waals surface area contributed by atoms with Crippen LogP contribution in [0.1, 0.15) is 36.8 Å². The molecular formula is C19H22N2O2. The highest BCUT2D eigenvalue weighted by atomic mass is 16.5. The number of anilines is 1. The lowest BCUT2D eigenvalue weighted by atomic mass is 9.77. The minimum absolute atomic E-state index is 0.0626. The second kappa shape index (κ2) is 6.41. The normalized spacial score (nSPS) is 16.1. The lowest BCUT2D eigenvalue weighted by molar-refractivity contribution is -0.121. The molecule has 0 spiro atoms. The summed E-state index contributed by atoms with van der Waals surface area (Å²) in [6, 6.07) is 11.9. The maximum absolute atomic E-state index is 13.0. The molecule has 120 valence electrons. The molecule has 1 amide bonds. The van der Waals surface area contributed by atoms with Crippen molar-refractivity contribution in [1.29, 1.82) is 0 Å². The van der Waals surface area contributed by atoms with Crippen molar-refractivity contribution in [2.75, 3.05) is 12.4 Å². The number of aromatic nitrogens is 1. The van der Waals surface area contributed by atoms with Crippen LogP contribution >= 0.6 is 0 Å². The van der Waals surface area contributed by atoms with Crippen LogP contribution in [0.3, 0.4) is 0 Å². The summed E-state index contributed by atoms with van der Waals surface area (Å²) in [5.41, 5.74) is 2.59. The number of aryl methyl sites for hydroxylation is 1. The van der Waals surface area contributed by atoms with E-state index in [1.165, 1.54) is 5.56 Å². The predicted molar refractivity (Wildman–Crippen MR) is 90.7 cm³/mol. The minimum atomic E-state index is -0.425. The molecule has 1 N–H and O–H groups in total. The first-order valence-corrected chi connectivity index (χ1v) is 8.03. The highest BCUT2D eigenvalue weighted by molar-refractivity contribution is 5.99. The third-order valence-electron chi connectivity index (χ3n) is 4.67. The molecule has 1 saturated carbocycles. The Labute approximate surface area is 136 Å². The van der Waals surface area contributed by atoms with Crippen molar-refractivity contribution in [2.24, 2.45) is 0 Å². The third kappa shape index (κ3) is 3.07. The number of pyridine rings is 1. The number of carbonyl (C=O) groups is 1. The van der Waals surface area contributed by atoms with E-state index in [1.807, 2.05) is 12.1 Å². The van der Waals surface area contributed by atoms with Gasteiger partial charge in [-0.1, -0.05) is 42.7 Å². The van der Waals surface area contributed by atoms with Gasteiger partial charge < -0.3 is 10.1 Å². The van der Waals surface area contributed by atoms with Crippen molar-refractivity contribution in [3.63, 3.8) is 0 Å². The van der Waals surface area contributed by atoms with Crippen molar-refractivity contribution in [1.82, 2.24) is 4.98 Å². The summed E-state index contributed by atoms with van der Waals surface area (Å²) < 4.78 is 5.05. The van der Waals surface area contributed by atoms with Gasteiger partial charge in [0.1, 0.15) is 0 Å². The van der Waals surface area contributed by atoms with Crippen LogP contribution in [-0.2, 0) is 10.2 Å². The number of amides is 1. The molecule has 0 saturated heterocycles.